The van der Waals surface area contributed by atoms with Crippen LogP contribution in [-0.2, 0) is 22.4 Å². The maximum atomic E-state index is 12.8. The van der Waals surface area contributed by atoms with Gasteiger partial charge in [-0.3, -0.25) is 9.59 Å². The number of carbonyl (C=O) groups excluding carboxylic acids is 2. The second kappa shape index (κ2) is 16.8. The van der Waals surface area contributed by atoms with E-state index < -0.39 is 29.5 Å². The number of anilines is 1. The van der Waals surface area contributed by atoms with Crippen molar-refractivity contribution in [1.82, 2.24) is 9.97 Å². The zero-order valence-electron chi connectivity index (χ0n) is 25.0. The van der Waals surface area contributed by atoms with Crippen molar-refractivity contribution < 1.29 is 34.8 Å². The number of ketones is 2. The predicted molar refractivity (Wildman–Crippen MR) is 163 cm³/mol. The second-order valence-corrected chi connectivity index (χ2v) is 11.1. The molecule has 10 heteroatoms. The number of rotatable bonds is 19. The lowest BCUT2D eigenvalue weighted by Gasteiger charge is -2.29. The number of phenolic OH excluding ortho intramolecular Hbond substituents is 1. The molecule has 0 aliphatic heterocycles. The fraction of sp³-hybridized carbons (Fsp3) is 0.485. The van der Waals surface area contributed by atoms with Crippen LogP contribution in [0.3, 0.4) is 0 Å². The summed E-state index contributed by atoms with van der Waals surface area (Å²) < 4.78 is 5.47. The monoisotopic (exact) mass is 594 g/mol. The van der Waals surface area contributed by atoms with Crippen molar-refractivity contribution in [3.05, 3.63) is 71.2 Å². The summed E-state index contributed by atoms with van der Waals surface area (Å²) in [6.45, 7) is 1.88. The minimum absolute atomic E-state index is 0.0560. The van der Waals surface area contributed by atoms with E-state index >= 15 is 0 Å². The molecular weight excluding hydrogens is 550 g/mol. The molecule has 0 bridgehead atoms. The topological polar surface area (TPSA) is 177 Å². The van der Waals surface area contributed by atoms with Gasteiger partial charge in [-0.1, -0.05) is 31.5 Å². The molecule has 1 aromatic carbocycles. The normalized spacial score (nSPS) is 14.2. The van der Waals surface area contributed by atoms with Crippen LogP contribution in [-0.4, -0.2) is 63.4 Å². The molecule has 0 fully saturated rings. The number of Topliss-reactive ketones (excluding diaryl/α,β-unsaturated/α-hetero) is 2. The molecule has 10 nitrogen and oxygen atoms in total. The molecule has 0 saturated carbocycles. The number of ether oxygens (including phenoxy) is 1. The average molecular weight is 595 g/mol. The summed E-state index contributed by atoms with van der Waals surface area (Å²) in [5, 5.41) is 41.6. The highest BCUT2D eigenvalue weighted by atomic mass is 16.5. The Kier molecular flexibility index (Phi) is 13.2. The van der Waals surface area contributed by atoms with Gasteiger partial charge in [-0.15, -0.1) is 0 Å². The Labute approximate surface area is 252 Å². The number of carbonyl (C=O) groups is 2. The van der Waals surface area contributed by atoms with E-state index in [9.17, 15) is 30.0 Å². The molecule has 3 rings (SSSR count). The first kappa shape index (κ1) is 33.8. The number of aliphatic hydroxyl groups is 3. The van der Waals surface area contributed by atoms with Crippen LogP contribution >= 0.6 is 0 Å². The number of hydrogen-bond donors (Lipinski definition) is 5. The van der Waals surface area contributed by atoms with E-state index in [1.54, 1.807) is 36.7 Å². The van der Waals surface area contributed by atoms with Crippen molar-refractivity contribution in [3.8, 4) is 11.5 Å². The van der Waals surface area contributed by atoms with Crippen LogP contribution < -0.4 is 15.5 Å². The number of methoxy groups -OCH3 is 1. The molecule has 234 valence electrons. The van der Waals surface area contributed by atoms with Gasteiger partial charge in [0.05, 0.1) is 7.11 Å². The lowest BCUT2D eigenvalue weighted by Crippen LogP contribution is -2.30. The quantitative estimate of drug-likeness (QED) is 0.129. The highest BCUT2D eigenvalue weighted by Crippen LogP contribution is 2.43. The third kappa shape index (κ3) is 9.38. The van der Waals surface area contributed by atoms with Gasteiger partial charge >= 0.3 is 0 Å². The summed E-state index contributed by atoms with van der Waals surface area (Å²) in [5.41, 5.74) is 8.64. The zero-order chi connectivity index (χ0) is 31.4. The highest BCUT2D eigenvalue weighted by Gasteiger charge is 2.29. The first-order valence-corrected chi connectivity index (χ1v) is 14.8. The van der Waals surface area contributed by atoms with Gasteiger partial charge in [0.2, 0.25) is 0 Å². The number of aromatic nitrogens is 2. The summed E-state index contributed by atoms with van der Waals surface area (Å²) in [7, 11) is 1.43. The van der Waals surface area contributed by atoms with Crippen molar-refractivity contribution in [2.24, 2.45) is 11.8 Å². The summed E-state index contributed by atoms with van der Waals surface area (Å²) in [4.78, 5) is 33.7. The van der Waals surface area contributed by atoms with E-state index in [2.05, 4.69) is 9.97 Å². The van der Waals surface area contributed by atoms with Gasteiger partial charge in [0.15, 0.2) is 29.2 Å². The summed E-state index contributed by atoms with van der Waals surface area (Å²) in [6, 6.07) is 10.5. The van der Waals surface area contributed by atoms with Crippen LogP contribution in [0.15, 0.2) is 48.8 Å². The Morgan fingerprint density at radius 1 is 1.07 bits per heavy atom. The van der Waals surface area contributed by atoms with Gasteiger partial charge in [0.25, 0.3) is 0 Å². The first-order valence-electron chi connectivity index (χ1n) is 14.8. The van der Waals surface area contributed by atoms with E-state index in [4.69, 9.17) is 10.5 Å². The van der Waals surface area contributed by atoms with Crippen LogP contribution in [0.1, 0.15) is 73.8 Å². The number of aliphatic hydroxyl groups excluding tert-OH is 3. The summed E-state index contributed by atoms with van der Waals surface area (Å²) in [5.74, 6) is -1.55. The maximum absolute atomic E-state index is 12.8. The molecule has 6 N–H and O–H groups in total. The number of pyridine rings is 1. The first-order chi connectivity index (χ1) is 20.7. The van der Waals surface area contributed by atoms with Crippen molar-refractivity contribution in [2.75, 3.05) is 26.1 Å². The van der Waals surface area contributed by atoms with Crippen molar-refractivity contribution in [1.29, 1.82) is 0 Å². The SMILES string of the molecule is CCC[C@H](CO)CCCC(=O)[C@H](O)C(=O)CCc1cc(OC)c(O)c([C@@H](c2ccnc(N)c2)[C@H](CO)Cc2ccc[n-]2)c1. The number of hydrogen-bond acceptors (Lipinski definition) is 9. The van der Waals surface area contributed by atoms with Crippen LogP contribution in [0.4, 0.5) is 5.82 Å². The number of aryl methyl sites for hydroxylation is 1. The average Bonchev–Trinajstić information content (AvgIpc) is 3.52. The standard InChI is InChI=1S/C33H44N3O7/c1-3-6-21(19-37)7-4-9-27(39)33(42)28(40)11-10-22-15-26(32(41)29(16-22)43-2)31(23-12-14-36-30(34)18-23)24(20-38)17-25-8-5-13-35-25/h5,8,12-16,18,21,24,31,33,37-38,41-42H,3-4,6-7,9-11,17,19-20H2,1-2H3,(H2,34,36)/q-1/t21-,24-,31-,33-/m0/s1. The fourth-order valence-corrected chi connectivity index (χ4v) is 5.62. The number of aromatic hydroxyl groups is 1. The van der Waals surface area contributed by atoms with Crippen molar-refractivity contribution in [3.63, 3.8) is 0 Å². The largest absolute Gasteiger partial charge is 0.668 e. The van der Waals surface area contributed by atoms with Crippen LogP contribution in [0.5, 0.6) is 11.5 Å². The third-order valence-electron chi connectivity index (χ3n) is 7.94. The Morgan fingerprint density at radius 2 is 1.84 bits per heavy atom. The molecule has 2 heterocycles. The van der Waals surface area contributed by atoms with Gasteiger partial charge in [-0.2, -0.15) is 11.9 Å². The highest BCUT2D eigenvalue weighted by molar-refractivity contribution is 6.05. The summed E-state index contributed by atoms with van der Waals surface area (Å²) in [6.07, 6.45) is 5.09. The Morgan fingerprint density at radius 3 is 2.47 bits per heavy atom. The molecule has 0 spiro atoms. The number of nitrogen functional groups attached to an aromatic ring is 1. The minimum Gasteiger partial charge on any atom is -0.668 e. The molecule has 0 unspecified atom stereocenters. The number of benzene rings is 1. The molecule has 2 aromatic heterocycles. The van der Waals surface area contributed by atoms with Crippen molar-refractivity contribution in [2.45, 2.75) is 70.3 Å². The fourth-order valence-electron chi connectivity index (χ4n) is 5.62. The predicted octanol–water partition coefficient (Wildman–Crippen LogP) is 3.33. The maximum Gasteiger partial charge on any atom is 0.170 e. The molecule has 43 heavy (non-hydrogen) atoms. The molecule has 3 aromatic rings. The third-order valence-corrected chi connectivity index (χ3v) is 7.94. The number of nitrogens with zero attached hydrogens (tertiary/aromatic N) is 2. The number of nitrogens with two attached hydrogens (primary N) is 1. The van der Waals surface area contributed by atoms with E-state index in [-0.39, 0.29) is 55.7 Å². The van der Waals surface area contributed by atoms with Crippen LogP contribution in [0.2, 0.25) is 0 Å². The van der Waals surface area contributed by atoms with E-state index in [1.807, 2.05) is 19.1 Å². The van der Waals surface area contributed by atoms with E-state index in [1.165, 1.54) is 7.11 Å². The lowest BCUT2D eigenvalue weighted by molar-refractivity contribution is -0.138. The molecule has 0 radical (unpaired) electrons. The molecule has 0 aliphatic rings. The molecule has 0 amide bonds. The van der Waals surface area contributed by atoms with Gasteiger partial charge in [0.1, 0.15) is 5.82 Å². The minimum atomic E-state index is -1.71. The van der Waals surface area contributed by atoms with E-state index in [0.29, 0.717) is 30.4 Å². The molecule has 4 atom stereocenters. The van der Waals surface area contributed by atoms with Crippen molar-refractivity contribution >= 4 is 17.4 Å². The second-order valence-electron chi connectivity index (χ2n) is 11.1. The number of phenols is 1. The van der Waals surface area contributed by atoms with Gasteiger partial charge in [0, 0.05) is 43.7 Å². The Balaban J connectivity index is 1.82. The molecule has 0 saturated heterocycles. The smallest absolute Gasteiger partial charge is 0.170 e. The Hall–Kier alpha value is -3.73. The van der Waals surface area contributed by atoms with Gasteiger partial charge in [-0.25, -0.2) is 4.98 Å². The van der Waals surface area contributed by atoms with E-state index in [0.717, 1.165) is 24.1 Å². The zero-order valence-corrected chi connectivity index (χ0v) is 25.0. The van der Waals surface area contributed by atoms with Gasteiger partial charge in [-0.05, 0) is 73.3 Å². The van der Waals surface area contributed by atoms with Crippen LogP contribution in [0.25, 0.3) is 0 Å². The van der Waals surface area contributed by atoms with Gasteiger partial charge < -0.3 is 35.9 Å². The summed E-state index contributed by atoms with van der Waals surface area (Å²) >= 11 is 0. The van der Waals surface area contributed by atoms with Crippen LogP contribution in [0, 0.1) is 11.8 Å². The molecule has 0 aliphatic carbocycles. The Bertz CT molecular complexity index is 1310. The lowest BCUT2D eigenvalue weighted by atomic mass is 9.78. The molecular formula is C33H44N3O7-.